The maximum Gasteiger partial charge on any atom is 0.302 e. The molecule has 0 aliphatic heterocycles. The van der Waals surface area contributed by atoms with Crippen LogP contribution in [0.15, 0.2) is 65.2 Å². The van der Waals surface area contributed by atoms with E-state index in [-0.39, 0.29) is 12.5 Å². The average Bonchev–Trinajstić information content (AvgIpc) is 2.60. The van der Waals surface area contributed by atoms with Gasteiger partial charge in [-0.25, -0.2) is 8.42 Å². The largest absolute Gasteiger partial charge is 0.302 e. The van der Waals surface area contributed by atoms with Crippen molar-refractivity contribution in [3.8, 4) is 0 Å². The van der Waals surface area contributed by atoms with E-state index in [2.05, 4.69) is 9.43 Å². The second-order valence-electron chi connectivity index (χ2n) is 6.04. The molecule has 0 bridgehead atoms. The molecule has 2 rings (SSSR count). The van der Waals surface area contributed by atoms with Crippen LogP contribution in [0.5, 0.6) is 0 Å². The second-order valence-corrected chi connectivity index (χ2v) is 7.61. The maximum absolute atomic E-state index is 12.2. The number of nitrogens with zero attached hydrogens (tertiary/aromatic N) is 4. The lowest BCUT2D eigenvalue weighted by Crippen LogP contribution is -2.35. The quantitative estimate of drug-likeness (QED) is 0.386. The van der Waals surface area contributed by atoms with Gasteiger partial charge in [0.2, 0.25) is 0 Å². The molecule has 25 heavy (non-hydrogen) atoms. The standard InChI is InChI=1S/C18H22N4O2S/c1-16(14-18-10-6-3-7-11-18)15-22(25(23,24)21-20-19)13-12-17-8-4-2-5-9-17/h2-11,16H,12-15H2,1H3. The van der Waals surface area contributed by atoms with Crippen molar-refractivity contribution in [2.45, 2.75) is 19.8 Å². The Morgan fingerprint density at radius 3 is 2.16 bits per heavy atom. The fourth-order valence-electron chi connectivity index (χ4n) is 2.73. The molecular formula is C18H22N4O2S. The third-order valence-corrected chi connectivity index (χ3v) is 5.16. The van der Waals surface area contributed by atoms with E-state index in [4.69, 9.17) is 5.53 Å². The first-order valence-electron chi connectivity index (χ1n) is 8.15. The van der Waals surface area contributed by atoms with Gasteiger partial charge in [0.05, 0.1) is 0 Å². The molecule has 0 spiro atoms. The van der Waals surface area contributed by atoms with E-state index in [1.807, 2.05) is 67.6 Å². The van der Waals surface area contributed by atoms with E-state index in [0.717, 1.165) is 17.5 Å². The van der Waals surface area contributed by atoms with E-state index in [0.29, 0.717) is 13.0 Å². The zero-order valence-electron chi connectivity index (χ0n) is 14.2. The molecule has 0 radical (unpaired) electrons. The van der Waals surface area contributed by atoms with Crippen molar-refractivity contribution < 1.29 is 8.42 Å². The van der Waals surface area contributed by atoms with E-state index in [9.17, 15) is 8.42 Å². The molecule has 0 aromatic heterocycles. The molecule has 0 fully saturated rings. The van der Waals surface area contributed by atoms with E-state index >= 15 is 0 Å². The summed E-state index contributed by atoms with van der Waals surface area (Å²) in [7, 11) is -3.99. The summed E-state index contributed by atoms with van der Waals surface area (Å²) in [6.07, 6.45) is 1.33. The summed E-state index contributed by atoms with van der Waals surface area (Å²) >= 11 is 0. The number of azide groups is 1. The highest BCUT2D eigenvalue weighted by molar-refractivity contribution is 7.87. The first-order valence-corrected chi connectivity index (χ1v) is 9.55. The Morgan fingerprint density at radius 2 is 1.60 bits per heavy atom. The number of hydrogen-bond acceptors (Lipinski definition) is 2. The first kappa shape index (κ1) is 19.0. The number of hydrogen-bond donors (Lipinski definition) is 0. The van der Waals surface area contributed by atoms with Gasteiger partial charge in [0.1, 0.15) is 0 Å². The zero-order valence-corrected chi connectivity index (χ0v) is 15.0. The van der Waals surface area contributed by atoms with Crippen LogP contribution in [0.2, 0.25) is 0 Å². The van der Waals surface area contributed by atoms with Crippen LogP contribution in [0, 0.1) is 5.92 Å². The molecule has 6 nitrogen and oxygen atoms in total. The first-order chi connectivity index (χ1) is 12.0. The summed E-state index contributed by atoms with van der Waals surface area (Å²) in [5.74, 6) is 0.0989. The Balaban J connectivity index is 2.07. The molecule has 7 heteroatoms. The van der Waals surface area contributed by atoms with Crippen LogP contribution in [0.25, 0.3) is 10.4 Å². The van der Waals surface area contributed by atoms with Crippen molar-refractivity contribution in [2.24, 2.45) is 10.4 Å². The summed E-state index contributed by atoms with van der Waals surface area (Å²) in [6, 6.07) is 19.6. The van der Waals surface area contributed by atoms with Crippen LogP contribution in [0.4, 0.5) is 0 Å². The highest BCUT2D eigenvalue weighted by Crippen LogP contribution is 2.14. The molecule has 0 saturated heterocycles. The fraction of sp³-hybridized carbons (Fsp3) is 0.333. The van der Waals surface area contributed by atoms with Crippen LogP contribution in [0.3, 0.4) is 0 Å². The normalized spacial score (nSPS) is 12.6. The van der Waals surface area contributed by atoms with Gasteiger partial charge in [-0.2, -0.15) is 4.31 Å². The predicted octanol–water partition coefficient (Wildman–Crippen LogP) is 3.97. The smallest absolute Gasteiger partial charge is 0.204 e. The monoisotopic (exact) mass is 358 g/mol. The molecular weight excluding hydrogens is 336 g/mol. The minimum absolute atomic E-state index is 0.0989. The van der Waals surface area contributed by atoms with Crippen molar-refractivity contribution in [2.75, 3.05) is 13.1 Å². The molecule has 0 aliphatic carbocycles. The molecule has 132 valence electrons. The van der Waals surface area contributed by atoms with E-state index in [1.54, 1.807) is 0 Å². The lowest BCUT2D eigenvalue weighted by molar-refractivity contribution is 0.356. The van der Waals surface area contributed by atoms with E-state index in [1.165, 1.54) is 4.31 Å². The molecule has 0 aliphatic rings. The molecule has 2 aromatic carbocycles. The van der Waals surface area contributed by atoms with Gasteiger partial charge in [-0.05, 0) is 35.4 Å². The Kier molecular flexibility index (Phi) is 7.01. The van der Waals surface area contributed by atoms with Crippen LogP contribution in [-0.4, -0.2) is 25.8 Å². The number of benzene rings is 2. The maximum atomic E-state index is 12.2. The van der Waals surface area contributed by atoms with Crippen LogP contribution in [0.1, 0.15) is 18.1 Å². The van der Waals surface area contributed by atoms with Gasteiger partial charge in [-0.1, -0.05) is 67.6 Å². The topological polar surface area (TPSA) is 86.1 Å². The van der Waals surface area contributed by atoms with Crippen molar-refractivity contribution in [3.63, 3.8) is 0 Å². The fourth-order valence-corrected chi connectivity index (χ4v) is 3.69. The molecule has 1 atom stereocenters. The van der Waals surface area contributed by atoms with Gasteiger partial charge in [0.25, 0.3) is 0 Å². The van der Waals surface area contributed by atoms with Gasteiger partial charge >= 0.3 is 10.2 Å². The van der Waals surface area contributed by atoms with Crippen LogP contribution < -0.4 is 0 Å². The van der Waals surface area contributed by atoms with Crippen molar-refractivity contribution in [1.29, 1.82) is 0 Å². The summed E-state index contributed by atoms with van der Waals surface area (Å²) in [5, 5.41) is 0. The summed E-state index contributed by atoms with van der Waals surface area (Å²) in [6.45, 7) is 2.59. The molecule has 0 amide bonds. The Labute approximate surface area is 148 Å². The third-order valence-electron chi connectivity index (χ3n) is 3.90. The molecule has 0 saturated carbocycles. The minimum atomic E-state index is -3.99. The SMILES string of the molecule is CC(Cc1ccccc1)CN(CCc1ccccc1)S(=O)(=O)N=[N+]=[N-]. The second kappa shape index (κ2) is 9.22. The molecule has 2 aromatic rings. The summed E-state index contributed by atoms with van der Waals surface area (Å²) in [4.78, 5) is 2.47. The third kappa shape index (κ3) is 6.23. The average molecular weight is 358 g/mol. The summed E-state index contributed by atoms with van der Waals surface area (Å²) in [5.41, 5.74) is 10.8. The van der Waals surface area contributed by atoms with Crippen molar-refractivity contribution >= 4 is 10.2 Å². The van der Waals surface area contributed by atoms with Gasteiger partial charge in [0, 0.05) is 22.5 Å². The molecule has 0 heterocycles. The minimum Gasteiger partial charge on any atom is -0.204 e. The van der Waals surface area contributed by atoms with Crippen LogP contribution >= 0.6 is 0 Å². The molecule has 1 unspecified atom stereocenters. The molecule has 0 N–H and O–H groups in total. The van der Waals surface area contributed by atoms with Gasteiger partial charge in [-0.15, -0.1) is 0 Å². The predicted molar refractivity (Wildman–Crippen MR) is 99.1 cm³/mol. The van der Waals surface area contributed by atoms with Gasteiger partial charge in [-0.3, -0.25) is 0 Å². The number of rotatable bonds is 9. The highest BCUT2D eigenvalue weighted by atomic mass is 32.2. The van der Waals surface area contributed by atoms with Crippen LogP contribution in [-0.2, 0) is 23.1 Å². The lowest BCUT2D eigenvalue weighted by Gasteiger charge is -2.23. The summed E-state index contributed by atoms with van der Waals surface area (Å²) < 4.78 is 28.8. The lowest BCUT2D eigenvalue weighted by atomic mass is 10.0. The van der Waals surface area contributed by atoms with Crippen molar-refractivity contribution in [3.05, 3.63) is 82.2 Å². The van der Waals surface area contributed by atoms with Crippen molar-refractivity contribution in [1.82, 2.24) is 4.31 Å². The van der Waals surface area contributed by atoms with Gasteiger partial charge in [0.15, 0.2) is 0 Å². The Bertz CT molecular complexity index is 803. The zero-order chi connectivity index (χ0) is 18.1. The Morgan fingerprint density at radius 1 is 1.04 bits per heavy atom. The van der Waals surface area contributed by atoms with E-state index < -0.39 is 10.2 Å². The van der Waals surface area contributed by atoms with Gasteiger partial charge < -0.3 is 0 Å². The highest BCUT2D eigenvalue weighted by Gasteiger charge is 2.22. The Hall–Kier alpha value is -2.34.